The number of hydroxylamine groups is 2. The van der Waals surface area contributed by atoms with E-state index in [9.17, 15) is 4.79 Å². The van der Waals surface area contributed by atoms with Gasteiger partial charge in [-0.05, 0) is 0 Å². The first-order valence-electron chi connectivity index (χ1n) is 3.29. The van der Waals surface area contributed by atoms with Crippen molar-refractivity contribution in [3.05, 3.63) is 0 Å². The van der Waals surface area contributed by atoms with Crippen molar-refractivity contribution in [3.63, 3.8) is 0 Å². The Kier molecular flexibility index (Phi) is 3.21. The van der Waals surface area contributed by atoms with Crippen molar-refractivity contribution in [2.75, 3.05) is 19.0 Å². The zero-order valence-electron chi connectivity index (χ0n) is 5.97. The van der Waals surface area contributed by atoms with Crippen LogP contribution in [0.2, 0.25) is 0 Å². The van der Waals surface area contributed by atoms with Gasteiger partial charge in [0.25, 0.3) is 0 Å². The van der Waals surface area contributed by atoms with Gasteiger partial charge in [0, 0.05) is 0 Å². The molecule has 1 amide bonds. The van der Waals surface area contributed by atoms with Crippen molar-refractivity contribution in [1.29, 1.82) is 0 Å². The molecule has 11 heavy (non-hydrogen) atoms. The first-order chi connectivity index (χ1) is 5.34. The van der Waals surface area contributed by atoms with Gasteiger partial charge in [0.2, 0.25) is 5.91 Å². The topological polar surface area (TPSA) is 29.5 Å². The van der Waals surface area contributed by atoms with E-state index in [4.69, 9.17) is 16.4 Å². The number of alkyl halides is 1. The van der Waals surface area contributed by atoms with Gasteiger partial charge in [-0.1, -0.05) is 11.8 Å². The van der Waals surface area contributed by atoms with Gasteiger partial charge < -0.3 is 0 Å². The maximum absolute atomic E-state index is 10.9. The summed E-state index contributed by atoms with van der Waals surface area (Å²) in [5, 5.41) is 1.26. The highest BCUT2D eigenvalue weighted by atomic mass is 35.5. The molecule has 1 aliphatic heterocycles. The number of hydrogen-bond donors (Lipinski definition) is 0. The number of amides is 1. The van der Waals surface area contributed by atoms with E-state index in [0.717, 1.165) is 0 Å². The monoisotopic (exact) mass is 173 g/mol. The number of hydrogen-bond acceptors (Lipinski definition) is 2. The van der Waals surface area contributed by atoms with Crippen LogP contribution in [0, 0.1) is 11.8 Å². The van der Waals surface area contributed by atoms with E-state index in [-0.39, 0.29) is 5.91 Å². The van der Waals surface area contributed by atoms with Crippen LogP contribution < -0.4 is 0 Å². The summed E-state index contributed by atoms with van der Waals surface area (Å²) in [6, 6.07) is 0. The molecule has 1 rings (SSSR count). The van der Waals surface area contributed by atoms with Gasteiger partial charge in [-0.3, -0.25) is 9.63 Å². The molecule has 0 radical (unpaired) electrons. The summed E-state index contributed by atoms with van der Waals surface area (Å²) in [5.41, 5.74) is 0. The summed E-state index contributed by atoms with van der Waals surface area (Å²) in [4.78, 5) is 15.8. The second-order valence-electron chi connectivity index (χ2n) is 2.00. The molecular formula is C7H8ClNO2. The molecule has 1 saturated heterocycles. The van der Waals surface area contributed by atoms with Crippen LogP contribution in [0.3, 0.4) is 0 Å². The minimum Gasteiger partial charge on any atom is -0.272 e. The average Bonchev–Trinajstić information content (AvgIpc) is 2.37. The summed E-state index contributed by atoms with van der Waals surface area (Å²) in [5.74, 6) is 5.63. The molecule has 1 fully saturated rings. The van der Waals surface area contributed by atoms with Crippen LogP contribution in [0.1, 0.15) is 6.42 Å². The zero-order valence-corrected chi connectivity index (χ0v) is 6.73. The molecule has 0 aromatic rings. The molecule has 0 unspecified atom stereocenters. The lowest BCUT2D eigenvalue weighted by atomic mass is 10.4. The molecule has 0 bridgehead atoms. The van der Waals surface area contributed by atoms with Crippen molar-refractivity contribution in [2.45, 2.75) is 6.42 Å². The highest BCUT2D eigenvalue weighted by molar-refractivity contribution is 6.19. The van der Waals surface area contributed by atoms with E-state index in [1.165, 1.54) is 5.06 Å². The second kappa shape index (κ2) is 4.22. The van der Waals surface area contributed by atoms with Crippen molar-refractivity contribution in [3.8, 4) is 11.8 Å². The summed E-state index contributed by atoms with van der Waals surface area (Å²) >= 11 is 5.31. The predicted octanol–water partition coefficient (Wildman–Crippen LogP) is 0.393. The molecule has 4 heteroatoms. The summed E-state index contributed by atoms with van der Waals surface area (Å²) in [7, 11) is 0. The SMILES string of the molecule is O=C1CCON1CC#CCCl. The van der Waals surface area contributed by atoms with Crippen LogP contribution in [-0.2, 0) is 9.63 Å². The molecular weight excluding hydrogens is 166 g/mol. The van der Waals surface area contributed by atoms with Crippen molar-refractivity contribution < 1.29 is 9.63 Å². The third-order valence-corrected chi connectivity index (χ3v) is 1.39. The molecule has 0 aromatic heterocycles. The van der Waals surface area contributed by atoms with Crippen molar-refractivity contribution in [1.82, 2.24) is 5.06 Å². The Morgan fingerprint density at radius 3 is 3.00 bits per heavy atom. The number of rotatable bonds is 1. The van der Waals surface area contributed by atoms with Gasteiger partial charge in [-0.15, -0.1) is 11.6 Å². The fourth-order valence-electron chi connectivity index (χ4n) is 0.749. The van der Waals surface area contributed by atoms with E-state index in [1.807, 2.05) is 0 Å². The molecule has 1 aliphatic rings. The molecule has 3 nitrogen and oxygen atoms in total. The van der Waals surface area contributed by atoms with Gasteiger partial charge in [-0.2, -0.15) is 0 Å². The lowest BCUT2D eigenvalue weighted by molar-refractivity contribution is -0.158. The quantitative estimate of drug-likeness (QED) is 0.424. The van der Waals surface area contributed by atoms with E-state index in [2.05, 4.69) is 11.8 Å². The number of nitrogens with zero attached hydrogens (tertiary/aromatic N) is 1. The summed E-state index contributed by atoms with van der Waals surface area (Å²) in [6.07, 6.45) is 0.461. The highest BCUT2D eigenvalue weighted by Crippen LogP contribution is 2.04. The van der Waals surface area contributed by atoms with Gasteiger partial charge in [0.1, 0.15) is 6.54 Å². The largest absolute Gasteiger partial charge is 0.272 e. The van der Waals surface area contributed by atoms with Gasteiger partial charge in [0.05, 0.1) is 18.9 Å². The Morgan fingerprint density at radius 2 is 2.45 bits per heavy atom. The van der Waals surface area contributed by atoms with Crippen LogP contribution >= 0.6 is 11.6 Å². The maximum Gasteiger partial charge on any atom is 0.249 e. The Hall–Kier alpha value is -0.720. The Morgan fingerprint density at radius 1 is 1.64 bits per heavy atom. The van der Waals surface area contributed by atoms with E-state index < -0.39 is 0 Å². The molecule has 0 atom stereocenters. The molecule has 60 valence electrons. The van der Waals surface area contributed by atoms with Crippen molar-refractivity contribution in [2.24, 2.45) is 0 Å². The van der Waals surface area contributed by atoms with Crippen LogP contribution in [0.15, 0.2) is 0 Å². The summed E-state index contributed by atoms with van der Waals surface area (Å²) < 4.78 is 0. The average molecular weight is 174 g/mol. The third-order valence-electron chi connectivity index (χ3n) is 1.26. The molecule has 0 spiro atoms. The number of halogens is 1. The highest BCUT2D eigenvalue weighted by Gasteiger charge is 2.19. The molecule has 0 N–H and O–H groups in total. The fraction of sp³-hybridized carbons (Fsp3) is 0.571. The fourth-order valence-corrected chi connectivity index (χ4v) is 0.843. The molecule has 1 heterocycles. The normalized spacial score (nSPS) is 16.5. The zero-order chi connectivity index (χ0) is 8.10. The van der Waals surface area contributed by atoms with E-state index >= 15 is 0 Å². The third kappa shape index (κ3) is 2.41. The smallest absolute Gasteiger partial charge is 0.249 e. The van der Waals surface area contributed by atoms with E-state index in [0.29, 0.717) is 25.5 Å². The van der Waals surface area contributed by atoms with Crippen LogP contribution in [-0.4, -0.2) is 30.0 Å². The van der Waals surface area contributed by atoms with Crippen LogP contribution in [0.5, 0.6) is 0 Å². The lowest BCUT2D eigenvalue weighted by Gasteiger charge is -2.08. The Labute approximate surface area is 70.2 Å². The Balaban J connectivity index is 2.31. The van der Waals surface area contributed by atoms with Crippen LogP contribution in [0.25, 0.3) is 0 Å². The Bertz CT molecular complexity index is 206. The molecule has 0 aromatic carbocycles. The van der Waals surface area contributed by atoms with Gasteiger partial charge in [0.15, 0.2) is 0 Å². The molecule has 0 aliphatic carbocycles. The summed E-state index contributed by atoms with van der Waals surface area (Å²) in [6.45, 7) is 0.799. The van der Waals surface area contributed by atoms with Gasteiger partial charge >= 0.3 is 0 Å². The maximum atomic E-state index is 10.9. The lowest BCUT2D eigenvalue weighted by Crippen LogP contribution is -2.23. The number of carbonyl (C=O) groups is 1. The minimum atomic E-state index is -0.00567. The van der Waals surface area contributed by atoms with Crippen molar-refractivity contribution >= 4 is 17.5 Å². The van der Waals surface area contributed by atoms with E-state index in [1.54, 1.807) is 0 Å². The van der Waals surface area contributed by atoms with Gasteiger partial charge in [-0.25, -0.2) is 5.06 Å². The van der Waals surface area contributed by atoms with Crippen LogP contribution in [0.4, 0.5) is 0 Å². The number of carbonyl (C=O) groups excluding carboxylic acids is 1. The first kappa shape index (κ1) is 8.38. The molecule has 0 saturated carbocycles. The standard InChI is InChI=1S/C7H8ClNO2/c8-4-1-2-5-9-7(10)3-6-11-9/h3-6H2. The first-order valence-corrected chi connectivity index (χ1v) is 3.83. The predicted molar refractivity (Wildman–Crippen MR) is 40.8 cm³/mol. The minimum absolute atomic E-state index is 0.00567. The second-order valence-corrected chi connectivity index (χ2v) is 2.27.